The zero-order valence-corrected chi connectivity index (χ0v) is 10.7. The number of anilines is 1. The van der Waals surface area contributed by atoms with Crippen LogP contribution in [0.1, 0.15) is 31.9 Å². The van der Waals surface area contributed by atoms with Gasteiger partial charge in [-0.05, 0) is 12.3 Å². The number of hydrogen-bond donors (Lipinski definition) is 2. The van der Waals surface area contributed by atoms with Crippen molar-refractivity contribution < 1.29 is 14.4 Å². The van der Waals surface area contributed by atoms with Gasteiger partial charge in [0.25, 0.3) is 0 Å². The van der Waals surface area contributed by atoms with E-state index in [1.54, 1.807) is 6.07 Å². The maximum absolute atomic E-state index is 11.7. The smallest absolute Gasteiger partial charge is 0.240 e. The van der Waals surface area contributed by atoms with Gasteiger partial charge in [-0.15, -0.1) is 0 Å². The molecule has 0 aromatic carbocycles. The van der Waals surface area contributed by atoms with E-state index in [1.165, 1.54) is 0 Å². The van der Waals surface area contributed by atoms with Crippen molar-refractivity contribution in [1.29, 1.82) is 0 Å². The fraction of sp³-hybridized carbons (Fsp3) is 0.667. The van der Waals surface area contributed by atoms with Gasteiger partial charge >= 0.3 is 0 Å². The lowest BCUT2D eigenvalue weighted by atomic mass is 10.1. The second kappa shape index (κ2) is 5.49. The molecule has 2 N–H and O–H groups in total. The largest absolute Gasteiger partial charge is 0.392 e. The first-order chi connectivity index (χ1) is 8.54. The molecule has 1 aliphatic rings. The Morgan fingerprint density at radius 1 is 1.72 bits per heavy atom. The second-order valence-corrected chi connectivity index (χ2v) is 5.00. The molecule has 2 rings (SSSR count). The number of hydrogen-bond acceptors (Lipinski definition) is 5. The Labute approximate surface area is 106 Å². The number of nitrogens with one attached hydrogen (secondary N) is 1. The number of aliphatic hydroxyl groups is 1. The quantitative estimate of drug-likeness (QED) is 0.830. The maximum atomic E-state index is 11.7. The van der Waals surface area contributed by atoms with Crippen LogP contribution in [0.2, 0.25) is 0 Å². The zero-order valence-electron chi connectivity index (χ0n) is 10.7. The molecule has 1 saturated heterocycles. The molecule has 1 aliphatic heterocycles. The van der Waals surface area contributed by atoms with Crippen LogP contribution < -0.4 is 5.32 Å². The predicted octanol–water partition coefficient (Wildman–Crippen LogP) is 0.803. The molecule has 0 aliphatic carbocycles. The minimum Gasteiger partial charge on any atom is -0.392 e. The monoisotopic (exact) mass is 253 g/mol. The number of carbonyl (C=O) groups is 1. The molecule has 1 unspecified atom stereocenters. The third-order valence-corrected chi connectivity index (χ3v) is 3.00. The first-order valence-electron chi connectivity index (χ1n) is 6.21. The van der Waals surface area contributed by atoms with Crippen molar-refractivity contribution in [3.63, 3.8) is 0 Å². The van der Waals surface area contributed by atoms with Crippen molar-refractivity contribution in [3.8, 4) is 0 Å². The van der Waals surface area contributed by atoms with Gasteiger partial charge in [-0.1, -0.05) is 19.0 Å². The fourth-order valence-electron chi connectivity index (χ4n) is 1.96. The van der Waals surface area contributed by atoms with Crippen LogP contribution in [0.3, 0.4) is 0 Å². The van der Waals surface area contributed by atoms with Crippen molar-refractivity contribution in [2.75, 3.05) is 25.0 Å². The molecule has 0 radical (unpaired) electrons. The van der Waals surface area contributed by atoms with Gasteiger partial charge in [0.2, 0.25) is 11.8 Å². The summed E-state index contributed by atoms with van der Waals surface area (Å²) in [5.41, 5.74) is 0.821. The van der Waals surface area contributed by atoms with Crippen LogP contribution in [0, 0.1) is 0 Å². The summed E-state index contributed by atoms with van der Waals surface area (Å²) in [6.07, 6.45) is 0.420. The third kappa shape index (κ3) is 3.30. The highest BCUT2D eigenvalue weighted by atomic mass is 16.5. The van der Waals surface area contributed by atoms with Crippen LogP contribution in [-0.2, 0) is 4.79 Å². The van der Waals surface area contributed by atoms with Crippen molar-refractivity contribution in [2.24, 2.45) is 0 Å². The van der Waals surface area contributed by atoms with E-state index in [2.05, 4.69) is 10.5 Å². The average Bonchev–Trinajstić information content (AvgIpc) is 2.88. The van der Waals surface area contributed by atoms with E-state index in [9.17, 15) is 9.90 Å². The first kappa shape index (κ1) is 13.0. The van der Waals surface area contributed by atoms with Crippen LogP contribution >= 0.6 is 0 Å². The topological polar surface area (TPSA) is 78.6 Å². The fourth-order valence-corrected chi connectivity index (χ4v) is 1.96. The predicted molar refractivity (Wildman–Crippen MR) is 66.3 cm³/mol. The summed E-state index contributed by atoms with van der Waals surface area (Å²) in [7, 11) is 0. The van der Waals surface area contributed by atoms with E-state index in [4.69, 9.17) is 4.52 Å². The molecule has 2 heterocycles. The molecule has 0 saturated carbocycles. The normalized spacial score (nSPS) is 20.6. The Kier molecular flexibility index (Phi) is 3.98. The molecule has 6 nitrogen and oxygen atoms in total. The third-order valence-electron chi connectivity index (χ3n) is 3.00. The molecule has 0 bridgehead atoms. The number of aliphatic hydroxyl groups excluding tert-OH is 1. The maximum Gasteiger partial charge on any atom is 0.240 e. The van der Waals surface area contributed by atoms with E-state index in [-0.39, 0.29) is 24.5 Å². The molecule has 0 spiro atoms. The summed E-state index contributed by atoms with van der Waals surface area (Å²) in [6, 6.07) is 1.74. The summed E-state index contributed by atoms with van der Waals surface area (Å²) in [5.74, 6) is 0.507. The lowest BCUT2D eigenvalue weighted by Crippen LogP contribution is -2.32. The summed E-state index contributed by atoms with van der Waals surface area (Å²) in [4.78, 5) is 13.6. The number of β-amino-alcohol motifs (C(OH)–C–C–N with tert-alkyl or cyclic N) is 1. The number of rotatable bonds is 4. The molecule has 100 valence electrons. The van der Waals surface area contributed by atoms with E-state index in [0.717, 1.165) is 18.7 Å². The van der Waals surface area contributed by atoms with Gasteiger partial charge in [0, 0.05) is 19.2 Å². The van der Waals surface area contributed by atoms with Crippen molar-refractivity contribution in [3.05, 3.63) is 11.8 Å². The van der Waals surface area contributed by atoms with Gasteiger partial charge in [-0.2, -0.15) is 0 Å². The lowest BCUT2D eigenvalue weighted by molar-refractivity contribution is -0.117. The van der Waals surface area contributed by atoms with E-state index in [1.807, 2.05) is 18.7 Å². The molecular formula is C12H19N3O3. The first-order valence-corrected chi connectivity index (χ1v) is 6.21. The van der Waals surface area contributed by atoms with Gasteiger partial charge in [-0.25, -0.2) is 0 Å². The SMILES string of the molecule is CC(C)c1cc(NC(=O)CN2CCC(O)C2)on1. The number of amides is 1. The van der Waals surface area contributed by atoms with E-state index in [0.29, 0.717) is 12.4 Å². The van der Waals surface area contributed by atoms with Crippen molar-refractivity contribution in [1.82, 2.24) is 10.1 Å². The number of likely N-dealkylation sites (tertiary alicyclic amines) is 1. The van der Waals surface area contributed by atoms with Gasteiger partial charge in [0.15, 0.2) is 0 Å². The Bertz CT molecular complexity index is 416. The summed E-state index contributed by atoms with van der Waals surface area (Å²) in [6.45, 7) is 5.60. The molecule has 1 aromatic rings. The minimum atomic E-state index is -0.310. The molecule has 18 heavy (non-hydrogen) atoms. The van der Waals surface area contributed by atoms with Gasteiger partial charge < -0.3 is 9.63 Å². The van der Waals surface area contributed by atoms with Crippen LogP contribution in [0.25, 0.3) is 0 Å². The Hall–Kier alpha value is -1.40. The Morgan fingerprint density at radius 3 is 3.06 bits per heavy atom. The van der Waals surface area contributed by atoms with Gasteiger partial charge in [0.05, 0.1) is 18.3 Å². The Morgan fingerprint density at radius 2 is 2.50 bits per heavy atom. The van der Waals surface area contributed by atoms with Crippen molar-refractivity contribution >= 4 is 11.8 Å². The van der Waals surface area contributed by atoms with Crippen molar-refractivity contribution in [2.45, 2.75) is 32.3 Å². The lowest BCUT2D eigenvalue weighted by Gasteiger charge is -2.13. The van der Waals surface area contributed by atoms with Crippen LogP contribution in [0.15, 0.2) is 10.6 Å². The van der Waals surface area contributed by atoms with Crippen LogP contribution in [0.5, 0.6) is 0 Å². The van der Waals surface area contributed by atoms with E-state index < -0.39 is 0 Å². The molecule has 6 heteroatoms. The second-order valence-electron chi connectivity index (χ2n) is 5.00. The number of nitrogens with zero attached hydrogens (tertiary/aromatic N) is 2. The van der Waals surface area contributed by atoms with E-state index >= 15 is 0 Å². The highest BCUT2D eigenvalue weighted by Gasteiger charge is 2.22. The highest BCUT2D eigenvalue weighted by Crippen LogP contribution is 2.17. The molecule has 1 aromatic heterocycles. The van der Waals surface area contributed by atoms with Gasteiger partial charge in [0.1, 0.15) is 0 Å². The Balaban J connectivity index is 1.83. The highest BCUT2D eigenvalue weighted by molar-refractivity contribution is 5.91. The summed E-state index contributed by atoms with van der Waals surface area (Å²) < 4.78 is 5.03. The number of carbonyl (C=O) groups excluding carboxylic acids is 1. The number of aromatic nitrogens is 1. The van der Waals surface area contributed by atoms with Crippen LogP contribution in [0.4, 0.5) is 5.88 Å². The molecule has 1 fully saturated rings. The molecule has 1 atom stereocenters. The average molecular weight is 253 g/mol. The standard InChI is InChI=1S/C12H19N3O3/c1-8(2)10-5-12(18-14-10)13-11(17)7-15-4-3-9(16)6-15/h5,8-9,16H,3-4,6-7H2,1-2H3,(H,13,17). The molecule has 1 amide bonds. The molecular weight excluding hydrogens is 234 g/mol. The van der Waals surface area contributed by atoms with Crippen LogP contribution in [-0.4, -0.2) is 46.8 Å². The minimum absolute atomic E-state index is 0.143. The summed E-state index contributed by atoms with van der Waals surface area (Å²) in [5, 5.41) is 15.9. The zero-order chi connectivity index (χ0) is 13.1. The summed E-state index contributed by atoms with van der Waals surface area (Å²) >= 11 is 0. The van der Waals surface area contributed by atoms with Gasteiger partial charge in [-0.3, -0.25) is 15.0 Å².